The number of carbonyl (C=O) groups is 1. The smallest absolute Gasteiger partial charge is 0.167 e. The van der Waals surface area contributed by atoms with Crippen molar-refractivity contribution in [1.82, 2.24) is 4.98 Å². The summed E-state index contributed by atoms with van der Waals surface area (Å²) in [6.07, 6.45) is 2.50. The van der Waals surface area contributed by atoms with E-state index in [2.05, 4.69) is 11.6 Å². The highest BCUT2D eigenvalue weighted by molar-refractivity contribution is 5.77. The van der Waals surface area contributed by atoms with Crippen molar-refractivity contribution in [3.8, 4) is 5.75 Å². The number of nitrogens with zero attached hydrogens (tertiary/aromatic N) is 1. The van der Waals surface area contributed by atoms with Gasteiger partial charge in [-0.2, -0.15) is 0 Å². The first-order chi connectivity index (χ1) is 7.17. The summed E-state index contributed by atoms with van der Waals surface area (Å²) < 4.78 is 5.31. The molecule has 0 aromatic carbocycles. The van der Waals surface area contributed by atoms with E-state index >= 15 is 0 Å². The van der Waals surface area contributed by atoms with Crippen LogP contribution in [0.1, 0.15) is 25.2 Å². The predicted molar refractivity (Wildman–Crippen MR) is 59.9 cm³/mol. The summed E-state index contributed by atoms with van der Waals surface area (Å²) in [6.45, 7) is 7.26. The molecule has 3 nitrogen and oxygen atoms in total. The molecule has 0 spiro atoms. The number of aromatic nitrogens is 1. The van der Waals surface area contributed by atoms with E-state index in [0.29, 0.717) is 11.4 Å². The lowest BCUT2D eigenvalue weighted by Gasteiger charge is -2.07. The van der Waals surface area contributed by atoms with Gasteiger partial charge in [0.25, 0.3) is 0 Å². The van der Waals surface area contributed by atoms with Gasteiger partial charge in [0.1, 0.15) is 18.1 Å². The second-order valence-corrected chi connectivity index (χ2v) is 3.23. The normalized spacial score (nSPS) is 9.73. The molecule has 0 unspecified atom stereocenters. The maximum absolute atomic E-state index is 10.8. The summed E-state index contributed by atoms with van der Waals surface area (Å²) in [5.74, 6) is 0.599. The van der Waals surface area contributed by atoms with Gasteiger partial charge < -0.3 is 4.74 Å². The molecule has 0 saturated heterocycles. The minimum absolute atomic E-state index is 0.00965. The number of ketones is 1. The van der Waals surface area contributed by atoms with Gasteiger partial charge in [-0.3, -0.25) is 4.79 Å². The topological polar surface area (TPSA) is 39.2 Å². The molecule has 3 heteroatoms. The van der Waals surface area contributed by atoms with Crippen LogP contribution in [0.15, 0.2) is 18.7 Å². The zero-order chi connectivity index (χ0) is 11.3. The van der Waals surface area contributed by atoms with Crippen LogP contribution in [0, 0.1) is 0 Å². The van der Waals surface area contributed by atoms with E-state index in [1.54, 1.807) is 6.08 Å². The monoisotopic (exact) mass is 205 g/mol. The number of pyridine rings is 1. The summed E-state index contributed by atoms with van der Waals surface area (Å²) in [5, 5.41) is 0. The van der Waals surface area contributed by atoms with Gasteiger partial charge >= 0.3 is 0 Å². The molecule has 1 heterocycles. The summed E-state index contributed by atoms with van der Waals surface area (Å²) in [5.41, 5.74) is 1.68. The van der Waals surface area contributed by atoms with Gasteiger partial charge in [0.2, 0.25) is 0 Å². The minimum Gasteiger partial charge on any atom is -0.484 e. The molecule has 0 N–H and O–H groups in total. The van der Waals surface area contributed by atoms with Crippen LogP contribution >= 0.6 is 0 Å². The zero-order valence-corrected chi connectivity index (χ0v) is 9.12. The number of ether oxygens (including phenoxy) is 1. The van der Waals surface area contributed by atoms with Crippen molar-refractivity contribution in [2.75, 3.05) is 6.61 Å². The Morgan fingerprint density at radius 3 is 2.87 bits per heavy atom. The van der Waals surface area contributed by atoms with E-state index in [1.807, 2.05) is 19.1 Å². The van der Waals surface area contributed by atoms with Crippen LogP contribution in [0.3, 0.4) is 0 Å². The lowest BCUT2D eigenvalue weighted by atomic mass is 10.2. The number of hydrogen-bond acceptors (Lipinski definition) is 3. The highest BCUT2D eigenvalue weighted by Gasteiger charge is 2.04. The van der Waals surface area contributed by atoms with Crippen molar-refractivity contribution in [3.63, 3.8) is 0 Å². The molecule has 1 aromatic heterocycles. The molecule has 0 atom stereocenters. The van der Waals surface area contributed by atoms with Gasteiger partial charge in [-0.05, 0) is 31.6 Å². The Morgan fingerprint density at radius 2 is 2.33 bits per heavy atom. The molecule has 1 aromatic rings. The highest BCUT2D eigenvalue weighted by Crippen LogP contribution is 2.18. The van der Waals surface area contributed by atoms with Gasteiger partial charge in [0, 0.05) is 5.69 Å². The van der Waals surface area contributed by atoms with Crippen molar-refractivity contribution in [2.24, 2.45) is 0 Å². The van der Waals surface area contributed by atoms with E-state index in [1.165, 1.54) is 6.92 Å². The highest BCUT2D eigenvalue weighted by atomic mass is 16.5. The average Bonchev–Trinajstić information content (AvgIpc) is 2.25. The summed E-state index contributed by atoms with van der Waals surface area (Å²) >= 11 is 0. The van der Waals surface area contributed by atoms with Gasteiger partial charge in [-0.1, -0.05) is 13.5 Å². The van der Waals surface area contributed by atoms with Crippen LogP contribution in [-0.4, -0.2) is 17.4 Å². The fourth-order valence-electron chi connectivity index (χ4n) is 1.15. The molecule has 0 fully saturated rings. The van der Waals surface area contributed by atoms with Crippen molar-refractivity contribution >= 4 is 11.9 Å². The number of carbonyl (C=O) groups excluding carboxylic acids is 1. The third kappa shape index (κ3) is 3.20. The van der Waals surface area contributed by atoms with Crippen LogP contribution in [0.5, 0.6) is 5.75 Å². The molecule has 0 aliphatic heterocycles. The Bertz CT molecular complexity index is 372. The number of hydrogen-bond donors (Lipinski definition) is 0. The fraction of sp³-hybridized carbons (Fsp3) is 0.333. The van der Waals surface area contributed by atoms with Crippen molar-refractivity contribution in [3.05, 3.63) is 30.1 Å². The number of Topliss-reactive ketones (excluding diaryl/α,β-unsaturated/α-hetero) is 1. The SMILES string of the molecule is C=Cc1nc(CC)ccc1OCC(C)=O. The zero-order valence-electron chi connectivity index (χ0n) is 9.12. The van der Waals surface area contributed by atoms with Crippen LogP contribution in [0.25, 0.3) is 6.08 Å². The molecule has 0 aliphatic rings. The number of rotatable bonds is 5. The van der Waals surface area contributed by atoms with Gasteiger partial charge in [-0.15, -0.1) is 0 Å². The molecule has 1 rings (SSSR count). The summed E-state index contributed by atoms with van der Waals surface area (Å²) in [4.78, 5) is 15.1. The van der Waals surface area contributed by atoms with Crippen molar-refractivity contribution in [1.29, 1.82) is 0 Å². The first kappa shape index (κ1) is 11.4. The van der Waals surface area contributed by atoms with E-state index in [0.717, 1.165) is 12.1 Å². The lowest BCUT2D eigenvalue weighted by Crippen LogP contribution is -2.08. The Morgan fingerprint density at radius 1 is 1.60 bits per heavy atom. The molecular formula is C12H15NO2. The molecule has 0 bridgehead atoms. The first-order valence-electron chi connectivity index (χ1n) is 4.92. The van der Waals surface area contributed by atoms with Crippen LogP contribution in [-0.2, 0) is 11.2 Å². The third-order valence-electron chi connectivity index (χ3n) is 1.93. The molecule has 0 amide bonds. The Balaban J connectivity index is 2.87. The molecular weight excluding hydrogens is 190 g/mol. The molecule has 15 heavy (non-hydrogen) atoms. The number of aryl methyl sites for hydroxylation is 1. The average molecular weight is 205 g/mol. The molecule has 0 aliphatic carbocycles. The van der Waals surface area contributed by atoms with Gasteiger partial charge in [-0.25, -0.2) is 4.98 Å². The largest absolute Gasteiger partial charge is 0.484 e. The lowest BCUT2D eigenvalue weighted by molar-refractivity contribution is -0.118. The van der Waals surface area contributed by atoms with Crippen LogP contribution < -0.4 is 4.74 Å². The quantitative estimate of drug-likeness (QED) is 0.740. The molecule has 80 valence electrons. The van der Waals surface area contributed by atoms with E-state index in [9.17, 15) is 4.79 Å². The summed E-state index contributed by atoms with van der Waals surface area (Å²) in [6, 6.07) is 3.72. The second kappa shape index (κ2) is 5.29. The van der Waals surface area contributed by atoms with Crippen molar-refractivity contribution < 1.29 is 9.53 Å². The van der Waals surface area contributed by atoms with E-state index in [4.69, 9.17) is 4.74 Å². The van der Waals surface area contributed by atoms with Crippen LogP contribution in [0.4, 0.5) is 0 Å². The summed E-state index contributed by atoms with van der Waals surface area (Å²) in [7, 11) is 0. The Labute approximate surface area is 89.8 Å². The molecule has 0 saturated carbocycles. The van der Waals surface area contributed by atoms with Gasteiger partial charge in [0.05, 0.1) is 0 Å². The fourth-order valence-corrected chi connectivity index (χ4v) is 1.15. The minimum atomic E-state index is -0.00965. The van der Waals surface area contributed by atoms with E-state index < -0.39 is 0 Å². The van der Waals surface area contributed by atoms with Crippen molar-refractivity contribution in [2.45, 2.75) is 20.3 Å². The van der Waals surface area contributed by atoms with Gasteiger partial charge in [0.15, 0.2) is 5.78 Å². The maximum atomic E-state index is 10.8. The Hall–Kier alpha value is -1.64. The third-order valence-corrected chi connectivity index (χ3v) is 1.93. The van der Waals surface area contributed by atoms with Crippen LogP contribution in [0.2, 0.25) is 0 Å². The predicted octanol–water partition coefficient (Wildman–Crippen LogP) is 2.25. The second-order valence-electron chi connectivity index (χ2n) is 3.23. The first-order valence-corrected chi connectivity index (χ1v) is 4.92. The maximum Gasteiger partial charge on any atom is 0.167 e. The van der Waals surface area contributed by atoms with E-state index in [-0.39, 0.29) is 12.4 Å². The standard InChI is InChI=1S/C12H15NO2/c1-4-10-6-7-12(11(5-2)13-10)15-8-9(3)14/h5-7H,2,4,8H2,1,3H3. The Kier molecular flexibility index (Phi) is 4.03. The molecule has 0 radical (unpaired) electrons.